The molecule has 3 saturated carbocycles. The van der Waals surface area contributed by atoms with Crippen molar-refractivity contribution < 1.29 is 0 Å². The van der Waals surface area contributed by atoms with E-state index in [1.54, 1.807) is 0 Å². The maximum Gasteiger partial charge on any atom is 0.0126 e. The lowest BCUT2D eigenvalue weighted by molar-refractivity contribution is 0.205. The molecule has 3 unspecified atom stereocenters. The zero-order chi connectivity index (χ0) is 8.89. The number of rotatable bonds is 2. The topological polar surface area (TPSA) is 12.0 Å². The summed E-state index contributed by atoms with van der Waals surface area (Å²) in [4.78, 5) is 0. The fourth-order valence-corrected chi connectivity index (χ4v) is 3.36. The van der Waals surface area contributed by atoms with Gasteiger partial charge in [0.15, 0.2) is 0 Å². The summed E-state index contributed by atoms with van der Waals surface area (Å²) in [7, 11) is 0. The molecule has 0 aromatic carbocycles. The normalized spacial score (nSPS) is 49.6. The van der Waals surface area contributed by atoms with Gasteiger partial charge in [-0.1, -0.05) is 19.8 Å². The Kier molecular flexibility index (Phi) is 1.74. The van der Waals surface area contributed by atoms with Crippen molar-refractivity contribution in [1.82, 2.24) is 5.32 Å². The molecule has 3 fully saturated rings. The van der Waals surface area contributed by atoms with Crippen LogP contribution >= 0.6 is 0 Å². The summed E-state index contributed by atoms with van der Waals surface area (Å²) in [6.07, 6.45) is 10.3. The van der Waals surface area contributed by atoms with E-state index in [4.69, 9.17) is 0 Å². The van der Waals surface area contributed by atoms with Gasteiger partial charge in [0, 0.05) is 12.1 Å². The van der Waals surface area contributed by atoms with E-state index >= 15 is 0 Å². The first-order valence-electron chi connectivity index (χ1n) is 6.05. The first-order chi connectivity index (χ1) is 6.29. The fraction of sp³-hybridized carbons (Fsp3) is 1.00. The summed E-state index contributed by atoms with van der Waals surface area (Å²) in [5.41, 5.74) is 0.716. The quantitative estimate of drug-likeness (QED) is 0.687. The molecule has 0 amide bonds. The summed E-state index contributed by atoms with van der Waals surface area (Å²) >= 11 is 0. The van der Waals surface area contributed by atoms with Crippen LogP contribution in [0.4, 0.5) is 0 Å². The van der Waals surface area contributed by atoms with Crippen LogP contribution in [0.1, 0.15) is 51.9 Å². The Bertz CT molecular complexity index is 209. The lowest BCUT2D eigenvalue weighted by atomic mass is 9.82. The van der Waals surface area contributed by atoms with Crippen molar-refractivity contribution in [3.63, 3.8) is 0 Å². The van der Waals surface area contributed by atoms with Gasteiger partial charge in [0.05, 0.1) is 0 Å². The van der Waals surface area contributed by atoms with Gasteiger partial charge in [0.25, 0.3) is 0 Å². The highest BCUT2D eigenvalue weighted by molar-refractivity contribution is 5.09. The molecule has 0 saturated heterocycles. The van der Waals surface area contributed by atoms with Crippen molar-refractivity contribution in [2.24, 2.45) is 11.3 Å². The average Bonchev–Trinajstić information content (AvgIpc) is 2.69. The molecule has 0 bridgehead atoms. The van der Waals surface area contributed by atoms with Gasteiger partial charge in [0.2, 0.25) is 0 Å². The number of nitrogens with one attached hydrogen (secondary N) is 1. The number of hydrogen-bond acceptors (Lipinski definition) is 1. The van der Waals surface area contributed by atoms with Crippen molar-refractivity contribution in [2.75, 3.05) is 0 Å². The van der Waals surface area contributed by atoms with Crippen LogP contribution in [0.2, 0.25) is 0 Å². The van der Waals surface area contributed by atoms with Crippen LogP contribution in [0, 0.1) is 11.3 Å². The lowest BCUT2D eigenvalue weighted by Gasteiger charge is -2.37. The highest BCUT2D eigenvalue weighted by Crippen LogP contribution is 2.61. The molecule has 3 rings (SSSR count). The Labute approximate surface area is 81.3 Å². The van der Waals surface area contributed by atoms with E-state index in [0.29, 0.717) is 5.41 Å². The van der Waals surface area contributed by atoms with Crippen LogP contribution in [-0.2, 0) is 0 Å². The molecule has 1 heteroatoms. The minimum atomic E-state index is 0.716. The first-order valence-corrected chi connectivity index (χ1v) is 6.05. The highest BCUT2D eigenvalue weighted by atomic mass is 15.0. The van der Waals surface area contributed by atoms with E-state index in [0.717, 1.165) is 18.0 Å². The van der Waals surface area contributed by atoms with Gasteiger partial charge in [-0.05, 0) is 43.4 Å². The molecular formula is C12H21N. The molecule has 3 atom stereocenters. The third kappa shape index (κ3) is 1.24. The van der Waals surface area contributed by atoms with E-state index in [1.165, 1.54) is 44.9 Å². The predicted molar refractivity (Wildman–Crippen MR) is 54.6 cm³/mol. The zero-order valence-corrected chi connectivity index (χ0v) is 8.68. The van der Waals surface area contributed by atoms with Gasteiger partial charge in [-0.2, -0.15) is 0 Å². The maximum atomic E-state index is 3.89. The van der Waals surface area contributed by atoms with E-state index < -0.39 is 0 Å². The number of fused-ring (bicyclic) bond motifs is 1. The Morgan fingerprint density at radius 2 is 1.85 bits per heavy atom. The van der Waals surface area contributed by atoms with Gasteiger partial charge in [-0.15, -0.1) is 0 Å². The van der Waals surface area contributed by atoms with E-state index in [2.05, 4.69) is 12.2 Å². The van der Waals surface area contributed by atoms with E-state index in [-0.39, 0.29) is 0 Å². The van der Waals surface area contributed by atoms with E-state index in [9.17, 15) is 0 Å². The Morgan fingerprint density at radius 1 is 1.08 bits per heavy atom. The van der Waals surface area contributed by atoms with Crippen LogP contribution in [-0.4, -0.2) is 12.1 Å². The molecule has 3 aliphatic carbocycles. The molecule has 13 heavy (non-hydrogen) atoms. The summed E-state index contributed by atoms with van der Waals surface area (Å²) in [5, 5.41) is 3.89. The number of hydrogen-bond donors (Lipinski definition) is 1. The SMILES string of the molecule is CC12CC1CCCC2NC1CCC1. The van der Waals surface area contributed by atoms with Crippen molar-refractivity contribution in [2.45, 2.75) is 64.0 Å². The van der Waals surface area contributed by atoms with Gasteiger partial charge in [0.1, 0.15) is 0 Å². The molecule has 74 valence electrons. The predicted octanol–water partition coefficient (Wildman–Crippen LogP) is 2.71. The fourth-order valence-electron chi connectivity index (χ4n) is 3.36. The monoisotopic (exact) mass is 179 g/mol. The second-order valence-corrected chi connectivity index (χ2v) is 5.68. The largest absolute Gasteiger partial charge is 0.311 e. The van der Waals surface area contributed by atoms with Gasteiger partial charge in [-0.3, -0.25) is 0 Å². The van der Waals surface area contributed by atoms with Crippen molar-refractivity contribution >= 4 is 0 Å². The Balaban J connectivity index is 1.62. The molecule has 1 N–H and O–H groups in total. The zero-order valence-electron chi connectivity index (χ0n) is 8.68. The van der Waals surface area contributed by atoms with Gasteiger partial charge >= 0.3 is 0 Å². The second kappa shape index (κ2) is 2.73. The molecule has 1 nitrogen and oxygen atoms in total. The second-order valence-electron chi connectivity index (χ2n) is 5.68. The molecule has 0 aromatic rings. The minimum Gasteiger partial charge on any atom is -0.311 e. The van der Waals surface area contributed by atoms with Crippen molar-refractivity contribution in [3.8, 4) is 0 Å². The third-order valence-corrected chi connectivity index (χ3v) is 4.84. The molecule has 0 radical (unpaired) electrons. The summed E-state index contributed by atoms with van der Waals surface area (Å²) in [5.74, 6) is 1.08. The van der Waals surface area contributed by atoms with E-state index in [1.807, 2.05) is 0 Å². The van der Waals surface area contributed by atoms with Crippen LogP contribution in [0.3, 0.4) is 0 Å². The van der Waals surface area contributed by atoms with Crippen molar-refractivity contribution in [3.05, 3.63) is 0 Å². The molecule has 0 aliphatic heterocycles. The highest BCUT2D eigenvalue weighted by Gasteiger charge is 2.56. The minimum absolute atomic E-state index is 0.716. The smallest absolute Gasteiger partial charge is 0.0126 e. The third-order valence-electron chi connectivity index (χ3n) is 4.84. The van der Waals surface area contributed by atoms with Gasteiger partial charge < -0.3 is 5.32 Å². The molecule has 0 heterocycles. The van der Waals surface area contributed by atoms with Crippen LogP contribution in [0.25, 0.3) is 0 Å². The summed E-state index contributed by atoms with van der Waals surface area (Å²) in [6.45, 7) is 2.51. The van der Waals surface area contributed by atoms with Crippen LogP contribution in [0.5, 0.6) is 0 Å². The summed E-state index contributed by atoms with van der Waals surface area (Å²) in [6, 6.07) is 1.76. The van der Waals surface area contributed by atoms with Crippen LogP contribution in [0.15, 0.2) is 0 Å². The molecule has 0 spiro atoms. The average molecular weight is 179 g/mol. The van der Waals surface area contributed by atoms with Crippen LogP contribution < -0.4 is 5.32 Å². The molecule has 3 aliphatic rings. The Morgan fingerprint density at radius 3 is 2.54 bits per heavy atom. The van der Waals surface area contributed by atoms with Crippen molar-refractivity contribution in [1.29, 1.82) is 0 Å². The lowest BCUT2D eigenvalue weighted by Crippen LogP contribution is -2.47. The first kappa shape index (κ1) is 8.28. The maximum absolute atomic E-state index is 3.89. The standard InChI is InChI=1S/C12H21N/c1-12-8-9(12)4-2-7-11(12)13-10-5-3-6-10/h9-11,13H,2-8H2,1H3. The van der Waals surface area contributed by atoms with Gasteiger partial charge in [-0.25, -0.2) is 0 Å². The molecular weight excluding hydrogens is 158 g/mol. The molecule has 0 aromatic heterocycles. The Hall–Kier alpha value is -0.0400. The summed E-state index contributed by atoms with van der Waals surface area (Å²) < 4.78 is 0.